The van der Waals surface area contributed by atoms with Crippen LogP contribution in [0.3, 0.4) is 0 Å². The molecule has 4 aromatic rings. The molecule has 1 N–H and O–H groups in total. The molecule has 3 aromatic carbocycles. The minimum absolute atomic E-state index is 0.0815. The molecule has 0 aliphatic heterocycles. The fraction of sp³-hybridized carbons (Fsp3) is 0.241. The molecular formula is C29H27ClN2O2. The molecule has 1 atom stereocenters. The number of para-hydroxylation sites is 1. The van der Waals surface area contributed by atoms with E-state index < -0.39 is 0 Å². The Bertz CT molecular complexity index is 1390. The molecule has 5 rings (SSSR count). The molecule has 1 aliphatic rings. The first-order valence-corrected chi connectivity index (χ1v) is 12.2. The topological polar surface area (TPSA) is 51.1 Å². The molecule has 1 amide bonds. The number of rotatable bonds is 5. The molecule has 0 radical (unpaired) electrons. The van der Waals surface area contributed by atoms with Gasteiger partial charge in [0, 0.05) is 16.8 Å². The molecule has 0 spiro atoms. The summed E-state index contributed by atoms with van der Waals surface area (Å²) in [5.74, 6) is 0.205. The highest BCUT2D eigenvalue weighted by Crippen LogP contribution is 2.36. The quantitative estimate of drug-likeness (QED) is 0.356. The van der Waals surface area contributed by atoms with Crippen LogP contribution in [0, 0.1) is 12.8 Å². The van der Waals surface area contributed by atoms with Gasteiger partial charge in [0.25, 0.3) is 11.5 Å². The molecule has 0 unspecified atom stereocenters. The average Bonchev–Trinajstić information content (AvgIpc) is 3.38. The second-order valence-corrected chi connectivity index (χ2v) is 9.41. The highest BCUT2D eigenvalue weighted by atomic mass is 35.5. The van der Waals surface area contributed by atoms with Crippen LogP contribution in [0.5, 0.6) is 0 Å². The van der Waals surface area contributed by atoms with Crippen LogP contribution in [-0.2, 0) is 0 Å². The standard InChI is InChI=1S/C29H27ClN2O2/c1-19-25(28(33)31-27(21-13-8-9-14-21)20-11-4-2-5-12-20)23-17-10-18-24(30)26(23)29(34)32(19)22-15-6-3-7-16-22/h2-7,10-12,15-18,21,27H,8-9,13-14H2,1H3,(H,31,33)/t27-/m1/s1. The normalized spacial score (nSPS) is 14.9. The number of carbonyl (C=O) groups is 1. The van der Waals surface area contributed by atoms with Crippen LogP contribution in [0.2, 0.25) is 5.02 Å². The van der Waals surface area contributed by atoms with Gasteiger partial charge in [-0.3, -0.25) is 14.2 Å². The summed E-state index contributed by atoms with van der Waals surface area (Å²) in [5, 5.41) is 4.63. The Morgan fingerprint density at radius 2 is 1.59 bits per heavy atom. The van der Waals surface area contributed by atoms with Crippen molar-refractivity contribution in [2.24, 2.45) is 5.92 Å². The van der Waals surface area contributed by atoms with Gasteiger partial charge in [-0.25, -0.2) is 0 Å². The third-order valence-electron chi connectivity index (χ3n) is 6.96. The molecule has 1 heterocycles. The lowest BCUT2D eigenvalue weighted by atomic mass is 9.91. The number of nitrogens with zero attached hydrogens (tertiary/aromatic N) is 1. The van der Waals surface area contributed by atoms with Crippen LogP contribution >= 0.6 is 11.6 Å². The molecule has 0 saturated heterocycles. The maximum absolute atomic E-state index is 14.0. The number of carbonyl (C=O) groups excluding carboxylic acids is 1. The van der Waals surface area contributed by atoms with Crippen LogP contribution in [0.15, 0.2) is 83.7 Å². The number of fused-ring (bicyclic) bond motifs is 1. The smallest absolute Gasteiger partial charge is 0.264 e. The van der Waals surface area contributed by atoms with Gasteiger partial charge >= 0.3 is 0 Å². The fourth-order valence-electron chi connectivity index (χ4n) is 5.33. The summed E-state index contributed by atoms with van der Waals surface area (Å²) in [7, 11) is 0. The summed E-state index contributed by atoms with van der Waals surface area (Å²) in [6, 6.07) is 24.8. The van der Waals surface area contributed by atoms with Crippen LogP contribution in [0.4, 0.5) is 0 Å². The zero-order valence-electron chi connectivity index (χ0n) is 19.1. The lowest BCUT2D eigenvalue weighted by Crippen LogP contribution is -2.35. The monoisotopic (exact) mass is 470 g/mol. The molecule has 1 aromatic heterocycles. The lowest BCUT2D eigenvalue weighted by molar-refractivity contribution is 0.0922. The average molecular weight is 471 g/mol. The molecule has 34 heavy (non-hydrogen) atoms. The van der Waals surface area contributed by atoms with Crippen LogP contribution < -0.4 is 10.9 Å². The van der Waals surface area contributed by atoms with Crippen molar-refractivity contribution in [3.05, 3.63) is 111 Å². The van der Waals surface area contributed by atoms with Crippen molar-refractivity contribution in [3.8, 4) is 5.69 Å². The summed E-state index contributed by atoms with van der Waals surface area (Å²) in [6.45, 7) is 1.83. The third kappa shape index (κ3) is 4.03. The van der Waals surface area contributed by atoms with E-state index in [0.29, 0.717) is 38.7 Å². The van der Waals surface area contributed by atoms with E-state index in [-0.39, 0.29) is 17.5 Å². The third-order valence-corrected chi connectivity index (χ3v) is 7.27. The lowest BCUT2D eigenvalue weighted by Gasteiger charge is -2.26. The van der Waals surface area contributed by atoms with Crippen molar-refractivity contribution in [2.75, 3.05) is 0 Å². The summed E-state index contributed by atoms with van der Waals surface area (Å²) >= 11 is 6.51. The Kier molecular flexibility index (Phi) is 6.25. The van der Waals surface area contributed by atoms with Crippen LogP contribution in [-0.4, -0.2) is 10.5 Å². The van der Waals surface area contributed by atoms with E-state index in [1.807, 2.05) is 61.5 Å². The molecule has 5 heteroatoms. The van der Waals surface area contributed by atoms with Gasteiger partial charge in [0.15, 0.2) is 0 Å². The van der Waals surface area contributed by atoms with E-state index >= 15 is 0 Å². The molecule has 1 aliphatic carbocycles. The SMILES string of the molecule is Cc1c(C(=O)N[C@H](c2ccccc2)C2CCCC2)c2cccc(Cl)c2c(=O)n1-c1ccccc1. The first-order valence-electron chi connectivity index (χ1n) is 11.8. The van der Waals surface area contributed by atoms with E-state index in [9.17, 15) is 9.59 Å². The summed E-state index contributed by atoms with van der Waals surface area (Å²) in [4.78, 5) is 27.5. The summed E-state index contributed by atoms with van der Waals surface area (Å²) in [5.41, 5.74) is 2.67. The van der Waals surface area contributed by atoms with Crippen molar-refractivity contribution >= 4 is 28.3 Å². The Balaban J connectivity index is 1.67. The van der Waals surface area contributed by atoms with E-state index in [0.717, 1.165) is 18.4 Å². The minimum Gasteiger partial charge on any atom is -0.345 e. The highest BCUT2D eigenvalue weighted by Gasteiger charge is 2.30. The van der Waals surface area contributed by atoms with E-state index in [2.05, 4.69) is 17.4 Å². The van der Waals surface area contributed by atoms with E-state index in [1.165, 1.54) is 12.8 Å². The van der Waals surface area contributed by atoms with Crippen molar-refractivity contribution < 1.29 is 4.79 Å². The van der Waals surface area contributed by atoms with Gasteiger partial charge in [-0.05, 0) is 49.4 Å². The summed E-state index contributed by atoms with van der Waals surface area (Å²) < 4.78 is 1.59. The van der Waals surface area contributed by atoms with Gasteiger partial charge < -0.3 is 5.32 Å². The van der Waals surface area contributed by atoms with Gasteiger partial charge in [-0.15, -0.1) is 0 Å². The zero-order valence-corrected chi connectivity index (χ0v) is 19.9. The van der Waals surface area contributed by atoms with Gasteiger partial charge in [-0.2, -0.15) is 0 Å². The van der Waals surface area contributed by atoms with Crippen molar-refractivity contribution in [1.82, 2.24) is 9.88 Å². The Morgan fingerprint density at radius 1 is 0.941 bits per heavy atom. The molecule has 1 fully saturated rings. The summed E-state index contributed by atoms with van der Waals surface area (Å²) in [6.07, 6.45) is 4.55. The predicted molar refractivity (Wildman–Crippen MR) is 138 cm³/mol. The van der Waals surface area contributed by atoms with Gasteiger partial charge in [0.2, 0.25) is 0 Å². The number of nitrogens with one attached hydrogen (secondary N) is 1. The Labute approximate surface area is 204 Å². The second-order valence-electron chi connectivity index (χ2n) is 9.01. The predicted octanol–water partition coefficient (Wildman–Crippen LogP) is 6.61. The molecular weight excluding hydrogens is 444 g/mol. The zero-order chi connectivity index (χ0) is 23.7. The number of hydrogen-bond acceptors (Lipinski definition) is 2. The van der Waals surface area contributed by atoms with E-state index in [1.54, 1.807) is 16.7 Å². The number of amides is 1. The minimum atomic E-state index is -0.226. The number of halogens is 1. The van der Waals surface area contributed by atoms with Crippen LogP contribution in [0.25, 0.3) is 16.5 Å². The van der Waals surface area contributed by atoms with Gasteiger partial charge in [0.05, 0.1) is 22.0 Å². The number of aromatic nitrogens is 1. The van der Waals surface area contributed by atoms with Gasteiger partial charge in [-0.1, -0.05) is 85.1 Å². The Morgan fingerprint density at radius 3 is 2.26 bits per heavy atom. The number of hydrogen-bond donors (Lipinski definition) is 1. The largest absolute Gasteiger partial charge is 0.345 e. The molecule has 1 saturated carbocycles. The molecule has 0 bridgehead atoms. The highest BCUT2D eigenvalue weighted by molar-refractivity contribution is 6.36. The van der Waals surface area contributed by atoms with E-state index in [4.69, 9.17) is 11.6 Å². The maximum atomic E-state index is 14.0. The Hall–Kier alpha value is -3.37. The molecule has 4 nitrogen and oxygen atoms in total. The van der Waals surface area contributed by atoms with Crippen molar-refractivity contribution in [1.29, 1.82) is 0 Å². The second kappa shape index (κ2) is 9.47. The van der Waals surface area contributed by atoms with Gasteiger partial charge in [0.1, 0.15) is 0 Å². The molecule has 172 valence electrons. The number of pyridine rings is 1. The van der Waals surface area contributed by atoms with Crippen molar-refractivity contribution in [2.45, 2.75) is 38.6 Å². The fourth-order valence-corrected chi connectivity index (χ4v) is 5.59. The van der Waals surface area contributed by atoms with Crippen molar-refractivity contribution in [3.63, 3.8) is 0 Å². The first-order chi connectivity index (χ1) is 16.6. The van der Waals surface area contributed by atoms with Crippen LogP contribution in [0.1, 0.15) is 53.3 Å². The number of benzene rings is 3. The maximum Gasteiger partial charge on any atom is 0.264 e. The first kappa shape index (κ1) is 22.4.